The standard InChI is InChI=1S/C18H19BrN2O2/c1-13-6-3-4-7-15(13)12-21(2)17(22)11-20-18(23)14-8-5-9-16(19)10-14/h3-10H,11-12H2,1-2H3,(H,20,23). The zero-order valence-electron chi connectivity index (χ0n) is 13.2. The van der Waals surface area contributed by atoms with E-state index in [1.807, 2.05) is 37.3 Å². The van der Waals surface area contributed by atoms with Gasteiger partial charge >= 0.3 is 0 Å². The Kier molecular flexibility index (Phi) is 5.93. The van der Waals surface area contributed by atoms with Crippen molar-refractivity contribution in [1.29, 1.82) is 0 Å². The maximum atomic E-state index is 12.2. The molecule has 2 aromatic rings. The molecule has 0 saturated heterocycles. The molecule has 4 nitrogen and oxygen atoms in total. The SMILES string of the molecule is Cc1ccccc1CN(C)C(=O)CNC(=O)c1cccc(Br)c1. The lowest BCUT2D eigenvalue weighted by atomic mass is 10.1. The molecule has 0 bridgehead atoms. The molecule has 2 rings (SSSR count). The van der Waals surface area contributed by atoms with Crippen LogP contribution in [0.4, 0.5) is 0 Å². The summed E-state index contributed by atoms with van der Waals surface area (Å²) in [5.41, 5.74) is 2.76. The first-order valence-electron chi connectivity index (χ1n) is 7.29. The predicted octanol–water partition coefficient (Wildman–Crippen LogP) is 3.15. The molecular weight excluding hydrogens is 356 g/mol. The Labute approximate surface area is 144 Å². The Balaban J connectivity index is 1.89. The van der Waals surface area contributed by atoms with Crippen LogP contribution in [-0.2, 0) is 11.3 Å². The van der Waals surface area contributed by atoms with Gasteiger partial charge in [-0.15, -0.1) is 0 Å². The van der Waals surface area contributed by atoms with Crippen LogP contribution in [0.5, 0.6) is 0 Å². The highest BCUT2D eigenvalue weighted by Gasteiger charge is 2.13. The smallest absolute Gasteiger partial charge is 0.251 e. The van der Waals surface area contributed by atoms with Gasteiger partial charge in [-0.3, -0.25) is 9.59 Å². The largest absolute Gasteiger partial charge is 0.343 e. The Bertz CT molecular complexity index is 716. The quantitative estimate of drug-likeness (QED) is 0.873. The van der Waals surface area contributed by atoms with Crippen LogP contribution in [0.3, 0.4) is 0 Å². The van der Waals surface area contributed by atoms with Gasteiger partial charge < -0.3 is 10.2 Å². The second-order valence-electron chi connectivity index (χ2n) is 5.37. The number of amides is 2. The van der Waals surface area contributed by atoms with Crippen molar-refractivity contribution in [2.75, 3.05) is 13.6 Å². The van der Waals surface area contributed by atoms with Crippen molar-refractivity contribution >= 4 is 27.7 Å². The summed E-state index contributed by atoms with van der Waals surface area (Å²) in [6, 6.07) is 15.0. The Morgan fingerprint density at radius 1 is 1.13 bits per heavy atom. The number of rotatable bonds is 5. The Morgan fingerprint density at radius 3 is 2.57 bits per heavy atom. The molecule has 0 aliphatic heterocycles. The van der Waals surface area contributed by atoms with E-state index < -0.39 is 0 Å². The number of likely N-dealkylation sites (N-methyl/N-ethyl adjacent to an activating group) is 1. The van der Waals surface area contributed by atoms with Crippen LogP contribution in [0, 0.1) is 6.92 Å². The van der Waals surface area contributed by atoms with Crippen LogP contribution < -0.4 is 5.32 Å². The van der Waals surface area contributed by atoms with Crippen molar-refractivity contribution in [2.24, 2.45) is 0 Å². The summed E-state index contributed by atoms with van der Waals surface area (Å²) in [5, 5.41) is 2.66. The van der Waals surface area contributed by atoms with E-state index in [9.17, 15) is 9.59 Å². The number of aryl methyl sites for hydroxylation is 1. The number of halogens is 1. The molecule has 0 radical (unpaired) electrons. The first-order chi connectivity index (χ1) is 11.0. The predicted molar refractivity (Wildman–Crippen MR) is 94.1 cm³/mol. The summed E-state index contributed by atoms with van der Waals surface area (Å²) in [7, 11) is 1.74. The fourth-order valence-electron chi connectivity index (χ4n) is 2.15. The van der Waals surface area contributed by atoms with Crippen molar-refractivity contribution < 1.29 is 9.59 Å². The van der Waals surface area contributed by atoms with Crippen LogP contribution in [-0.4, -0.2) is 30.3 Å². The van der Waals surface area contributed by atoms with E-state index in [-0.39, 0.29) is 18.4 Å². The van der Waals surface area contributed by atoms with Gasteiger partial charge in [0.1, 0.15) is 0 Å². The number of carbonyl (C=O) groups excluding carboxylic acids is 2. The van der Waals surface area contributed by atoms with Crippen LogP contribution in [0.1, 0.15) is 21.5 Å². The molecule has 2 amide bonds. The zero-order chi connectivity index (χ0) is 16.8. The van der Waals surface area contributed by atoms with Gasteiger partial charge in [0.15, 0.2) is 0 Å². The van der Waals surface area contributed by atoms with E-state index in [2.05, 4.69) is 21.2 Å². The van der Waals surface area contributed by atoms with Gasteiger partial charge in [0.05, 0.1) is 6.54 Å². The van der Waals surface area contributed by atoms with Crippen LogP contribution >= 0.6 is 15.9 Å². The third kappa shape index (κ3) is 4.93. The maximum absolute atomic E-state index is 12.2. The van der Waals surface area contributed by atoms with Crippen molar-refractivity contribution in [3.05, 3.63) is 69.7 Å². The molecule has 0 heterocycles. The highest BCUT2D eigenvalue weighted by atomic mass is 79.9. The summed E-state index contributed by atoms with van der Waals surface area (Å²) in [6.45, 7) is 2.52. The molecule has 0 unspecified atom stereocenters. The lowest BCUT2D eigenvalue weighted by molar-refractivity contribution is -0.129. The molecule has 0 aromatic heterocycles. The minimum absolute atomic E-state index is 0.0201. The molecule has 2 aromatic carbocycles. The number of benzene rings is 2. The second kappa shape index (κ2) is 7.92. The first kappa shape index (κ1) is 17.2. The van der Waals surface area contributed by atoms with E-state index in [0.717, 1.165) is 15.6 Å². The molecule has 23 heavy (non-hydrogen) atoms. The van der Waals surface area contributed by atoms with E-state index in [4.69, 9.17) is 0 Å². The summed E-state index contributed by atoms with van der Waals surface area (Å²) in [5.74, 6) is -0.388. The lowest BCUT2D eigenvalue weighted by Crippen LogP contribution is -2.37. The molecule has 0 fully saturated rings. The van der Waals surface area contributed by atoms with Crippen molar-refractivity contribution in [1.82, 2.24) is 10.2 Å². The van der Waals surface area contributed by atoms with Crippen molar-refractivity contribution in [3.8, 4) is 0 Å². The molecule has 0 aliphatic rings. The molecule has 5 heteroatoms. The molecule has 0 spiro atoms. The molecule has 0 atom stereocenters. The monoisotopic (exact) mass is 374 g/mol. The second-order valence-corrected chi connectivity index (χ2v) is 6.28. The van der Waals surface area contributed by atoms with Crippen LogP contribution in [0.15, 0.2) is 53.0 Å². The van der Waals surface area contributed by atoms with Gasteiger partial charge in [0.25, 0.3) is 5.91 Å². The Hall–Kier alpha value is -2.14. The third-order valence-corrected chi connectivity index (χ3v) is 4.07. The van der Waals surface area contributed by atoms with Crippen molar-refractivity contribution in [2.45, 2.75) is 13.5 Å². The number of nitrogens with one attached hydrogen (secondary N) is 1. The van der Waals surface area contributed by atoms with Crippen LogP contribution in [0.2, 0.25) is 0 Å². The third-order valence-electron chi connectivity index (χ3n) is 3.58. The molecule has 0 saturated carbocycles. The minimum Gasteiger partial charge on any atom is -0.343 e. The highest BCUT2D eigenvalue weighted by molar-refractivity contribution is 9.10. The van der Waals surface area contributed by atoms with Gasteiger partial charge in [-0.25, -0.2) is 0 Å². The number of hydrogen-bond acceptors (Lipinski definition) is 2. The van der Waals surface area contributed by atoms with Gasteiger partial charge in [-0.05, 0) is 36.2 Å². The van der Waals surface area contributed by atoms with Gasteiger partial charge in [0.2, 0.25) is 5.91 Å². The average molecular weight is 375 g/mol. The molecular formula is C18H19BrN2O2. The topological polar surface area (TPSA) is 49.4 Å². The highest BCUT2D eigenvalue weighted by Crippen LogP contribution is 2.12. The average Bonchev–Trinajstić information content (AvgIpc) is 2.54. The number of nitrogens with zero attached hydrogens (tertiary/aromatic N) is 1. The summed E-state index contributed by atoms with van der Waals surface area (Å²) in [4.78, 5) is 25.8. The minimum atomic E-state index is -0.260. The van der Waals surface area contributed by atoms with Crippen molar-refractivity contribution in [3.63, 3.8) is 0 Å². The summed E-state index contributed by atoms with van der Waals surface area (Å²) < 4.78 is 0.827. The molecule has 0 aliphatic carbocycles. The van der Waals surface area contributed by atoms with E-state index in [1.165, 1.54) is 0 Å². The summed E-state index contributed by atoms with van der Waals surface area (Å²) >= 11 is 3.32. The molecule has 1 N–H and O–H groups in total. The summed E-state index contributed by atoms with van der Waals surface area (Å²) in [6.07, 6.45) is 0. The van der Waals surface area contributed by atoms with Gasteiger partial charge in [-0.1, -0.05) is 46.3 Å². The Morgan fingerprint density at radius 2 is 1.87 bits per heavy atom. The van der Waals surface area contributed by atoms with E-state index >= 15 is 0 Å². The lowest BCUT2D eigenvalue weighted by Gasteiger charge is -2.18. The van der Waals surface area contributed by atoms with E-state index in [0.29, 0.717) is 12.1 Å². The van der Waals surface area contributed by atoms with Gasteiger partial charge in [-0.2, -0.15) is 0 Å². The fraction of sp³-hybridized carbons (Fsp3) is 0.222. The maximum Gasteiger partial charge on any atom is 0.251 e. The number of hydrogen-bond donors (Lipinski definition) is 1. The zero-order valence-corrected chi connectivity index (χ0v) is 14.8. The van der Waals surface area contributed by atoms with Gasteiger partial charge in [0, 0.05) is 23.6 Å². The first-order valence-corrected chi connectivity index (χ1v) is 8.09. The normalized spacial score (nSPS) is 10.2. The van der Waals surface area contributed by atoms with Crippen LogP contribution in [0.25, 0.3) is 0 Å². The van der Waals surface area contributed by atoms with E-state index in [1.54, 1.807) is 30.1 Å². The molecule has 120 valence electrons. The number of carbonyl (C=O) groups is 2. The fourth-order valence-corrected chi connectivity index (χ4v) is 2.55.